The van der Waals surface area contributed by atoms with Crippen LogP contribution in [-0.4, -0.2) is 31.1 Å². The van der Waals surface area contributed by atoms with E-state index in [0.29, 0.717) is 5.88 Å². The van der Waals surface area contributed by atoms with E-state index in [0.717, 1.165) is 51.7 Å². The minimum atomic E-state index is -0.756. The smallest absolute Gasteiger partial charge is 0.225 e. The van der Waals surface area contributed by atoms with Crippen molar-refractivity contribution in [1.82, 2.24) is 25.0 Å². The van der Waals surface area contributed by atoms with Crippen molar-refractivity contribution >= 4 is 10.9 Å². The van der Waals surface area contributed by atoms with Gasteiger partial charge in [0.05, 0.1) is 17.1 Å². The highest BCUT2D eigenvalue weighted by atomic mass is 16.5. The number of rotatable bonds is 7. The summed E-state index contributed by atoms with van der Waals surface area (Å²) >= 11 is 0. The first-order chi connectivity index (χ1) is 19.9. The van der Waals surface area contributed by atoms with Crippen molar-refractivity contribution in [2.75, 3.05) is 0 Å². The molecule has 3 aromatic carbocycles. The Balaban J connectivity index is 1.58. The summed E-state index contributed by atoms with van der Waals surface area (Å²) in [6.07, 6.45) is 11.5. The van der Waals surface area contributed by atoms with Crippen molar-refractivity contribution < 1.29 is 4.74 Å². The predicted molar refractivity (Wildman–Crippen MR) is 157 cm³/mol. The largest absolute Gasteiger partial charge is 0.474 e. The van der Waals surface area contributed by atoms with Gasteiger partial charge in [-0.15, -0.1) is 0 Å². The van der Waals surface area contributed by atoms with Gasteiger partial charge in [-0.05, 0) is 48.4 Å². The van der Waals surface area contributed by atoms with E-state index in [9.17, 15) is 0 Å². The van der Waals surface area contributed by atoms with E-state index in [-0.39, 0.29) is 6.10 Å². The minimum absolute atomic E-state index is 0.162. The fourth-order valence-electron chi connectivity index (χ4n) is 6.21. The van der Waals surface area contributed by atoms with Gasteiger partial charge < -0.3 is 4.74 Å². The summed E-state index contributed by atoms with van der Waals surface area (Å²) in [4.78, 5) is 4.78. The van der Waals surface area contributed by atoms with Gasteiger partial charge in [0.25, 0.3) is 0 Å². The monoisotopic (exact) mass is 525 g/mol. The first kappa shape index (κ1) is 24.3. The standard InChI is InChI=1S/C34H31N5O/c1-5-13-26(14-6-1)34(27-15-7-2-8-16-27,28-17-9-3-10-18-28)39-30-21-22-35-33(40-29-19-11-4-12-20-29)31(30)32(38-39)25-23-36-37-24-25/h1-3,5-10,13-18,21-24,29H,4,11-12,19-20H2,(H,36,37). The first-order valence-corrected chi connectivity index (χ1v) is 14.1. The summed E-state index contributed by atoms with van der Waals surface area (Å²) in [5.74, 6) is 0.634. The molecule has 1 saturated carbocycles. The molecule has 1 aliphatic carbocycles. The highest BCUT2D eigenvalue weighted by Gasteiger charge is 2.41. The molecule has 7 rings (SSSR count). The fourth-order valence-corrected chi connectivity index (χ4v) is 6.21. The molecule has 0 unspecified atom stereocenters. The highest BCUT2D eigenvalue weighted by Crippen LogP contribution is 2.45. The van der Waals surface area contributed by atoms with E-state index >= 15 is 0 Å². The van der Waals surface area contributed by atoms with Crippen molar-refractivity contribution in [3.8, 4) is 17.1 Å². The predicted octanol–water partition coefficient (Wildman–Crippen LogP) is 7.37. The molecule has 0 aliphatic heterocycles. The third-order valence-electron chi connectivity index (χ3n) is 8.05. The number of H-pyrrole nitrogens is 1. The molecule has 0 radical (unpaired) electrons. The lowest BCUT2D eigenvalue weighted by molar-refractivity contribution is 0.151. The lowest BCUT2D eigenvalue weighted by Crippen LogP contribution is -2.38. The quantitative estimate of drug-likeness (QED) is 0.221. The Morgan fingerprint density at radius 3 is 1.90 bits per heavy atom. The van der Waals surface area contributed by atoms with Gasteiger partial charge in [-0.25, -0.2) is 9.67 Å². The van der Waals surface area contributed by atoms with E-state index in [2.05, 4.69) is 112 Å². The molecule has 0 bridgehead atoms. The number of pyridine rings is 1. The average molecular weight is 526 g/mol. The Morgan fingerprint density at radius 2 is 1.35 bits per heavy atom. The van der Waals surface area contributed by atoms with Gasteiger partial charge in [0.15, 0.2) is 0 Å². The van der Waals surface area contributed by atoms with Gasteiger partial charge in [0.1, 0.15) is 17.3 Å². The second-order valence-electron chi connectivity index (χ2n) is 10.4. The zero-order valence-electron chi connectivity index (χ0n) is 22.3. The van der Waals surface area contributed by atoms with Crippen LogP contribution < -0.4 is 4.74 Å². The second kappa shape index (κ2) is 10.5. The zero-order chi connectivity index (χ0) is 26.8. The molecule has 3 heterocycles. The van der Waals surface area contributed by atoms with E-state index < -0.39 is 5.54 Å². The summed E-state index contributed by atoms with van der Waals surface area (Å²) in [6.45, 7) is 0. The average Bonchev–Trinajstić information content (AvgIpc) is 3.70. The van der Waals surface area contributed by atoms with Crippen LogP contribution in [0.25, 0.3) is 22.2 Å². The van der Waals surface area contributed by atoms with Crippen LogP contribution in [0.4, 0.5) is 0 Å². The van der Waals surface area contributed by atoms with Crippen LogP contribution in [0.5, 0.6) is 5.88 Å². The molecular formula is C34H31N5O. The number of nitrogens with zero attached hydrogens (tertiary/aromatic N) is 4. The Bertz CT molecular complexity index is 1590. The number of aromatic amines is 1. The molecule has 6 nitrogen and oxygen atoms in total. The summed E-state index contributed by atoms with van der Waals surface area (Å²) in [5, 5.41) is 13.6. The summed E-state index contributed by atoms with van der Waals surface area (Å²) in [6, 6.07) is 33.9. The van der Waals surface area contributed by atoms with Gasteiger partial charge in [0.2, 0.25) is 5.88 Å². The molecular weight excluding hydrogens is 494 g/mol. The molecule has 6 heteroatoms. The highest BCUT2D eigenvalue weighted by molar-refractivity contribution is 5.97. The summed E-state index contributed by atoms with van der Waals surface area (Å²) in [5.41, 5.74) is 5.23. The number of ether oxygens (including phenoxy) is 1. The molecule has 0 atom stereocenters. The Labute approximate surface area is 233 Å². The van der Waals surface area contributed by atoms with Gasteiger partial charge in [-0.2, -0.15) is 10.2 Å². The number of benzene rings is 3. The van der Waals surface area contributed by atoms with Gasteiger partial charge >= 0.3 is 0 Å². The third-order valence-corrected chi connectivity index (χ3v) is 8.05. The molecule has 1 aliphatic rings. The SMILES string of the molecule is c1ccc(C(c2ccccc2)(c2ccccc2)n2nc(-c3cn[nH]c3)c3c(OC4CCCCC4)nccc32)cc1. The van der Waals surface area contributed by atoms with E-state index in [1.165, 1.54) is 19.3 Å². The maximum atomic E-state index is 6.66. The maximum absolute atomic E-state index is 6.66. The number of hydrogen-bond acceptors (Lipinski definition) is 4. The van der Waals surface area contributed by atoms with Crippen molar-refractivity contribution in [3.63, 3.8) is 0 Å². The number of aromatic nitrogens is 5. The summed E-state index contributed by atoms with van der Waals surface area (Å²) < 4.78 is 8.82. The molecule has 198 valence electrons. The normalized spacial score (nSPS) is 14.4. The minimum Gasteiger partial charge on any atom is -0.474 e. The fraction of sp³-hybridized carbons (Fsp3) is 0.206. The number of fused-ring (bicyclic) bond motifs is 1. The third kappa shape index (κ3) is 4.08. The van der Waals surface area contributed by atoms with Crippen molar-refractivity contribution in [3.05, 3.63) is 132 Å². The van der Waals surface area contributed by atoms with Crippen molar-refractivity contribution in [2.45, 2.75) is 43.7 Å². The Hall–Kier alpha value is -4.71. The van der Waals surface area contributed by atoms with Crippen molar-refractivity contribution in [1.29, 1.82) is 0 Å². The van der Waals surface area contributed by atoms with Crippen LogP contribution in [0.1, 0.15) is 48.8 Å². The van der Waals surface area contributed by atoms with Crippen LogP contribution in [0, 0.1) is 0 Å². The summed E-state index contributed by atoms with van der Waals surface area (Å²) in [7, 11) is 0. The topological polar surface area (TPSA) is 68.6 Å². The number of nitrogens with one attached hydrogen (secondary N) is 1. The van der Waals surface area contributed by atoms with Crippen LogP contribution in [0.15, 0.2) is 116 Å². The van der Waals surface area contributed by atoms with Crippen LogP contribution >= 0.6 is 0 Å². The van der Waals surface area contributed by atoms with Crippen LogP contribution in [0.3, 0.4) is 0 Å². The molecule has 0 saturated heterocycles. The van der Waals surface area contributed by atoms with Gasteiger partial charge in [0, 0.05) is 18.0 Å². The molecule has 6 aromatic rings. The lowest BCUT2D eigenvalue weighted by Gasteiger charge is -2.37. The van der Waals surface area contributed by atoms with E-state index in [1.807, 2.05) is 18.6 Å². The van der Waals surface area contributed by atoms with E-state index in [4.69, 9.17) is 14.8 Å². The van der Waals surface area contributed by atoms with Crippen LogP contribution in [0.2, 0.25) is 0 Å². The first-order valence-electron chi connectivity index (χ1n) is 14.1. The molecule has 40 heavy (non-hydrogen) atoms. The molecule has 3 aromatic heterocycles. The number of hydrogen-bond donors (Lipinski definition) is 1. The molecule has 1 fully saturated rings. The molecule has 1 N–H and O–H groups in total. The molecule has 0 amide bonds. The second-order valence-corrected chi connectivity index (χ2v) is 10.4. The van der Waals surface area contributed by atoms with Crippen molar-refractivity contribution in [2.24, 2.45) is 0 Å². The Kier molecular flexibility index (Phi) is 6.36. The van der Waals surface area contributed by atoms with E-state index in [1.54, 1.807) is 0 Å². The zero-order valence-corrected chi connectivity index (χ0v) is 22.3. The maximum Gasteiger partial charge on any atom is 0.225 e. The van der Waals surface area contributed by atoms with Crippen LogP contribution in [-0.2, 0) is 5.54 Å². The van der Waals surface area contributed by atoms with Gasteiger partial charge in [-0.3, -0.25) is 5.10 Å². The van der Waals surface area contributed by atoms with Gasteiger partial charge in [-0.1, -0.05) is 97.4 Å². The lowest BCUT2D eigenvalue weighted by atomic mass is 9.77. The Morgan fingerprint density at radius 1 is 0.750 bits per heavy atom. The molecule has 0 spiro atoms.